The summed E-state index contributed by atoms with van der Waals surface area (Å²) >= 11 is 0. The molecule has 3 aliphatic rings. The van der Waals surface area contributed by atoms with Gasteiger partial charge in [-0.25, -0.2) is 9.18 Å². The van der Waals surface area contributed by atoms with Crippen molar-refractivity contribution < 1.29 is 19.1 Å². The van der Waals surface area contributed by atoms with Crippen molar-refractivity contribution in [3.8, 4) is 0 Å². The van der Waals surface area contributed by atoms with Crippen LogP contribution in [0.4, 0.5) is 14.9 Å². The Morgan fingerprint density at radius 1 is 1.00 bits per heavy atom. The summed E-state index contributed by atoms with van der Waals surface area (Å²) in [5, 5.41) is 12.9. The van der Waals surface area contributed by atoms with Crippen molar-refractivity contribution in [2.24, 2.45) is 0 Å². The normalized spacial score (nSPS) is 15.8. The molecule has 0 bridgehead atoms. The molecular formula is C34H52FN3O3. The molecule has 2 saturated carbocycles. The standard InChI is InChI=1S/C14H19FN2O.C7H15N.C7H8.C5H8.CH2O2/c1-10(2)12-6-5-11(9-13(12)15)16-14(18)17-7-3-4-8-17;1-8-7-5-3-2-4-6-7;1-7-5-3-2-4-6-7;1-5-3-2-4-5;2-1-3/h5-6,9-10H,3-4,7-8H2,1-2H3,(H,16,18);7-8H,2-6H2,1H3;2-6H,1H3;1-4H2;1H,(H,2,3). The molecule has 1 heterocycles. The molecule has 7 heteroatoms. The van der Waals surface area contributed by atoms with Gasteiger partial charge >= 0.3 is 6.03 Å². The van der Waals surface area contributed by atoms with E-state index in [1.807, 2.05) is 32.0 Å². The summed E-state index contributed by atoms with van der Waals surface area (Å²) in [5.74, 6) is -0.113. The van der Waals surface area contributed by atoms with Gasteiger partial charge < -0.3 is 20.6 Å². The Balaban J connectivity index is 0.000000301. The van der Waals surface area contributed by atoms with Crippen molar-refractivity contribution in [1.29, 1.82) is 0 Å². The number of halogens is 1. The second-order valence-corrected chi connectivity index (χ2v) is 11.0. The summed E-state index contributed by atoms with van der Waals surface area (Å²) in [7, 11) is 2.07. The number of allylic oxidation sites excluding steroid dienone is 1. The number of urea groups is 1. The van der Waals surface area contributed by atoms with Crippen LogP contribution in [0.3, 0.4) is 0 Å². The largest absolute Gasteiger partial charge is 0.483 e. The Morgan fingerprint density at radius 3 is 1.93 bits per heavy atom. The Hall–Kier alpha value is -3.19. The summed E-state index contributed by atoms with van der Waals surface area (Å²) in [6.07, 6.45) is 13.2. The molecule has 0 unspecified atom stereocenters. The molecule has 0 spiro atoms. The third-order valence-corrected chi connectivity index (χ3v) is 7.28. The Labute approximate surface area is 247 Å². The summed E-state index contributed by atoms with van der Waals surface area (Å²) in [6.45, 7) is 11.1. The Kier molecular flexibility index (Phi) is 18.8. The molecule has 0 aromatic heterocycles. The number of carbonyl (C=O) groups excluding carboxylic acids is 1. The van der Waals surface area contributed by atoms with E-state index >= 15 is 0 Å². The summed E-state index contributed by atoms with van der Waals surface area (Å²) in [6, 6.07) is 15.8. The number of amides is 2. The summed E-state index contributed by atoms with van der Waals surface area (Å²) < 4.78 is 13.8. The van der Waals surface area contributed by atoms with Crippen LogP contribution >= 0.6 is 0 Å². The SMILES string of the molecule is C=C1CCC1.CC(C)c1ccc(NC(=O)N2CCCC2)cc1F.CNC1CCCCC1.Cc1ccccc1.O=CO. The molecule has 2 aliphatic carbocycles. The van der Waals surface area contributed by atoms with E-state index in [0.29, 0.717) is 11.3 Å². The van der Waals surface area contributed by atoms with E-state index in [4.69, 9.17) is 9.90 Å². The molecule has 6 nitrogen and oxygen atoms in total. The highest BCUT2D eigenvalue weighted by Gasteiger charge is 2.18. The minimum Gasteiger partial charge on any atom is -0.483 e. The maximum absolute atomic E-state index is 13.8. The number of benzene rings is 2. The summed E-state index contributed by atoms with van der Waals surface area (Å²) in [4.78, 5) is 22.0. The number of hydrogen-bond acceptors (Lipinski definition) is 3. The first-order valence-corrected chi connectivity index (χ1v) is 15.0. The zero-order valence-electron chi connectivity index (χ0n) is 25.6. The molecule has 41 heavy (non-hydrogen) atoms. The van der Waals surface area contributed by atoms with Gasteiger partial charge in [-0.1, -0.05) is 87.2 Å². The molecule has 3 fully saturated rings. The van der Waals surface area contributed by atoms with Gasteiger partial charge in [0.15, 0.2) is 0 Å². The fourth-order valence-electron chi connectivity index (χ4n) is 4.55. The molecule has 2 aromatic carbocycles. The van der Waals surface area contributed by atoms with Crippen molar-refractivity contribution >= 4 is 18.2 Å². The van der Waals surface area contributed by atoms with Crippen molar-refractivity contribution in [2.45, 2.75) is 96.9 Å². The van der Waals surface area contributed by atoms with Gasteiger partial charge in [0.05, 0.1) is 0 Å². The zero-order chi connectivity index (χ0) is 30.5. The van der Waals surface area contributed by atoms with Crippen molar-refractivity contribution in [1.82, 2.24) is 10.2 Å². The molecule has 0 radical (unpaired) electrons. The maximum Gasteiger partial charge on any atom is 0.321 e. The smallest absolute Gasteiger partial charge is 0.321 e. The van der Waals surface area contributed by atoms with E-state index in [9.17, 15) is 9.18 Å². The van der Waals surface area contributed by atoms with Crippen LogP contribution in [0, 0.1) is 12.7 Å². The third-order valence-electron chi connectivity index (χ3n) is 7.28. The van der Waals surface area contributed by atoms with Gasteiger partial charge in [0.1, 0.15) is 5.82 Å². The Bertz CT molecular complexity index is 996. The molecule has 228 valence electrons. The number of carbonyl (C=O) groups is 2. The molecular weight excluding hydrogens is 517 g/mol. The van der Waals surface area contributed by atoms with Crippen LogP contribution in [0.5, 0.6) is 0 Å². The quantitative estimate of drug-likeness (QED) is 0.256. The zero-order valence-corrected chi connectivity index (χ0v) is 25.6. The molecule has 2 amide bonds. The van der Waals surface area contributed by atoms with E-state index in [0.717, 1.165) is 32.0 Å². The Morgan fingerprint density at radius 2 is 1.56 bits per heavy atom. The van der Waals surface area contributed by atoms with E-state index < -0.39 is 0 Å². The fraction of sp³-hybridized carbons (Fsp3) is 0.529. The average molecular weight is 570 g/mol. The van der Waals surface area contributed by atoms with E-state index in [-0.39, 0.29) is 24.2 Å². The van der Waals surface area contributed by atoms with Gasteiger partial charge in [0, 0.05) is 24.8 Å². The predicted molar refractivity (Wildman–Crippen MR) is 169 cm³/mol. The van der Waals surface area contributed by atoms with Crippen LogP contribution in [0.1, 0.15) is 95.1 Å². The molecule has 2 aromatic rings. The minimum absolute atomic E-state index is 0.135. The van der Waals surface area contributed by atoms with Gasteiger partial charge in [-0.05, 0) is 82.5 Å². The van der Waals surface area contributed by atoms with Gasteiger partial charge in [-0.15, -0.1) is 0 Å². The lowest BCUT2D eigenvalue weighted by Crippen LogP contribution is -2.32. The molecule has 1 aliphatic heterocycles. The lowest BCUT2D eigenvalue weighted by Gasteiger charge is -2.20. The molecule has 0 atom stereocenters. The van der Waals surface area contributed by atoms with Crippen molar-refractivity contribution in [2.75, 3.05) is 25.5 Å². The first kappa shape index (κ1) is 35.8. The number of anilines is 1. The molecule has 5 rings (SSSR count). The van der Waals surface area contributed by atoms with Crippen LogP contribution in [-0.2, 0) is 4.79 Å². The number of nitrogens with zero attached hydrogens (tertiary/aromatic N) is 1. The van der Waals surface area contributed by atoms with Crippen molar-refractivity contribution in [3.05, 3.63) is 77.6 Å². The topological polar surface area (TPSA) is 81.7 Å². The number of nitrogens with one attached hydrogen (secondary N) is 2. The van der Waals surface area contributed by atoms with Crippen molar-refractivity contribution in [3.63, 3.8) is 0 Å². The third kappa shape index (κ3) is 16.0. The number of carboxylic acid groups (broad SMARTS) is 1. The summed E-state index contributed by atoms with van der Waals surface area (Å²) in [5.41, 5.74) is 3.95. The van der Waals surface area contributed by atoms with Gasteiger partial charge in [0.25, 0.3) is 6.47 Å². The van der Waals surface area contributed by atoms with E-state index in [1.165, 1.54) is 68.6 Å². The molecule has 1 saturated heterocycles. The first-order chi connectivity index (χ1) is 19.7. The van der Waals surface area contributed by atoms with Crippen LogP contribution < -0.4 is 10.6 Å². The monoisotopic (exact) mass is 569 g/mol. The van der Waals surface area contributed by atoms with Gasteiger partial charge in [-0.2, -0.15) is 0 Å². The maximum atomic E-state index is 13.8. The van der Waals surface area contributed by atoms with Gasteiger partial charge in [-0.3, -0.25) is 4.79 Å². The van der Waals surface area contributed by atoms with Gasteiger partial charge in [0.2, 0.25) is 0 Å². The number of aryl methyl sites for hydroxylation is 1. The van der Waals surface area contributed by atoms with Crippen LogP contribution in [0.25, 0.3) is 0 Å². The first-order valence-electron chi connectivity index (χ1n) is 15.0. The number of hydrogen-bond donors (Lipinski definition) is 3. The minimum atomic E-state index is -0.260. The molecule has 3 N–H and O–H groups in total. The number of rotatable bonds is 3. The van der Waals surface area contributed by atoms with Crippen LogP contribution in [0.2, 0.25) is 0 Å². The van der Waals surface area contributed by atoms with Crippen LogP contribution in [0.15, 0.2) is 60.7 Å². The highest BCUT2D eigenvalue weighted by atomic mass is 19.1. The lowest BCUT2D eigenvalue weighted by molar-refractivity contribution is -0.122. The van der Waals surface area contributed by atoms with Crippen LogP contribution in [-0.4, -0.2) is 48.7 Å². The highest BCUT2D eigenvalue weighted by molar-refractivity contribution is 5.89. The second kappa shape index (κ2) is 21.5. The van der Waals surface area contributed by atoms with E-state index in [1.54, 1.807) is 17.0 Å². The second-order valence-electron chi connectivity index (χ2n) is 11.0. The predicted octanol–water partition coefficient (Wildman–Crippen LogP) is 8.54. The highest BCUT2D eigenvalue weighted by Crippen LogP contribution is 2.23. The fourth-order valence-corrected chi connectivity index (χ4v) is 4.55. The lowest BCUT2D eigenvalue weighted by atomic mass is 9.95. The van der Waals surface area contributed by atoms with E-state index in [2.05, 4.69) is 43.3 Å². The number of likely N-dealkylation sites (tertiary alicyclic amines) is 1. The average Bonchev–Trinajstić information content (AvgIpc) is 3.50.